The SMILES string of the molecule is COC(=O)[C@@H]1C[C@](Oc2ccc(C)nc2Br)(C(=O)OC)CN1C(=O)OC(C)(C)C. The van der Waals surface area contributed by atoms with Crippen LogP contribution in [0.2, 0.25) is 0 Å². The Morgan fingerprint density at radius 1 is 1.21 bits per heavy atom. The van der Waals surface area contributed by atoms with Gasteiger partial charge in [-0.1, -0.05) is 0 Å². The number of carbonyl (C=O) groups excluding carboxylic acids is 3. The van der Waals surface area contributed by atoms with Crippen LogP contribution in [-0.2, 0) is 23.8 Å². The summed E-state index contributed by atoms with van der Waals surface area (Å²) < 4.78 is 21.5. The average Bonchev–Trinajstić information content (AvgIpc) is 3.02. The van der Waals surface area contributed by atoms with Crippen LogP contribution < -0.4 is 4.74 Å². The van der Waals surface area contributed by atoms with Gasteiger partial charge in [-0.2, -0.15) is 0 Å². The fraction of sp³-hybridized carbons (Fsp3) is 0.579. The van der Waals surface area contributed by atoms with E-state index in [1.165, 1.54) is 14.2 Å². The van der Waals surface area contributed by atoms with E-state index < -0.39 is 35.3 Å². The molecule has 0 aromatic carbocycles. The first-order valence-electron chi connectivity index (χ1n) is 8.90. The number of rotatable bonds is 4. The summed E-state index contributed by atoms with van der Waals surface area (Å²) in [7, 11) is 2.41. The van der Waals surface area contributed by atoms with Crippen molar-refractivity contribution in [3.05, 3.63) is 22.4 Å². The highest BCUT2D eigenvalue weighted by molar-refractivity contribution is 9.10. The molecule has 1 aromatic rings. The van der Waals surface area contributed by atoms with E-state index >= 15 is 0 Å². The summed E-state index contributed by atoms with van der Waals surface area (Å²) in [5.41, 5.74) is -1.69. The second-order valence-electron chi connectivity index (χ2n) is 7.68. The van der Waals surface area contributed by atoms with Gasteiger partial charge < -0.3 is 18.9 Å². The lowest BCUT2D eigenvalue weighted by atomic mass is 10.00. The Morgan fingerprint density at radius 3 is 2.38 bits per heavy atom. The molecular weight excluding hydrogens is 448 g/mol. The number of halogens is 1. The minimum absolute atomic E-state index is 0.161. The molecule has 29 heavy (non-hydrogen) atoms. The van der Waals surface area contributed by atoms with Crippen LogP contribution in [0.15, 0.2) is 16.7 Å². The zero-order valence-electron chi connectivity index (χ0n) is 17.3. The maximum absolute atomic E-state index is 12.7. The Kier molecular flexibility index (Phi) is 6.77. The molecule has 2 atom stereocenters. The van der Waals surface area contributed by atoms with Gasteiger partial charge in [0.2, 0.25) is 5.60 Å². The Labute approximate surface area is 177 Å². The molecule has 0 spiro atoms. The van der Waals surface area contributed by atoms with E-state index in [9.17, 15) is 14.4 Å². The highest BCUT2D eigenvalue weighted by atomic mass is 79.9. The molecule has 0 aliphatic carbocycles. The van der Waals surface area contributed by atoms with Gasteiger partial charge in [0.05, 0.1) is 20.8 Å². The molecule has 0 N–H and O–H groups in total. The largest absolute Gasteiger partial charge is 0.471 e. The van der Waals surface area contributed by atoms with Gasteiger partial charge in [0, 0.05) is 12.1 Å². The monoisotopic (exact) mass is 472 g/mol. The predicted octanol–water partition coefficient (Wildman–Crippen LogP) is 2.63. The van der Waals surface area contributed by atoms with Crippen LogP contribution in [0.4, 0.5) is 4.79 Å². The van der Waals surface area contributed by atoms with Gasteiger partial charge in [-0.15, -0.1) is 0 Å². The van der Waals surface area contributed by atoms with E-state index in [1.807, 2.05) is 0 Å². The first-order valence-corrected chi connectivity index (χ1v) is 9.70. The maximum Gasteiger partial charge on any atom is 0.411 e. The number of likely N-dealkylation sites (tertiary alicyclic amines) is 1. The number of aromatic nitrogens is 1. The molecule has 1 aromatic heterocycles. The molecule has 0 radical (unpaired) electrons. The molecule has 2 rings (SSSR count). The molecule has 0 unspecified atom stereocenters. The van der Waals surface area contributed by atoms with Gasteiger partial charge in [0.15, 0.2) is 5.75 Å². The summed E-state index contributed by atoms with van der Waals surface area (Å²) in [6.45, 7) is 6.65. The molecule has 1 aliphatic heterocycles. The highest BCUT2D eigenvalue weighted by Gasteiger charge is 2.57. The van der Waals surface area contributed by atoms with E-state index in [4.69, 9.17) is 18.9 Å². The Hall–Kier alpha value is -2.36. The van der Waals surface area contributed by atoms with Crippen LogP contribution >= 0.6 is 15.9 Å². The van der Waals surface area contributed by atoms with Gasteiger partial charge in [0.1, 0.15) is 16.2 Å². The topological polar surface area (TPSA) is 104 Å². The second kappa shape index (κ2) is 8.56. The second-order valence-corrected chi connectivity index (χ2v) is 8.43. The van der Waals surface area contributed by atoms with Crippen molar-refractivity contribution in [3.8, 4) is 5.75 Å². The van der Waals surface area contributed by atoms with Crippen molar-refractivity contribution in [2.45, 2.75) is 51.4 Å². The molecule has 1 fully saturated rings. The third kappa shape index (κ3) is 5.17. The van der Waals surface area contributed by atoms with E-state index in [0.29, 0.717) is 4.60 Å². The Bertz CT molecular complexity index is 808. The van der Waals surface area contributed by atoms with Gasteiger partial charge in [0.25, 0.3) is 0 Å². The minimum atomic E-state index is -1.63. The fourth-order valence-electron chi connectivity index (χ4n) is 2.98. The van der Waals surface area contributed by atoms with Crippen molar-refractivity contribution in [2.75, 3.05) is 20.8 Å². The number of pyridine rings is 1. The number of methoxy groups -OCH3 is 2. The highest BCUT2D eigenvalue weighted by Crippen LogP contribution is 2.37. The Balaban J connectivity index is 2.44. The standard InChI is InChI=1S/C19H25BrN2O7/c1-11-7-8-13(14(20)21-11)28-19(16(24)27-6)9-12(15(23)26-5)22(10-19)17(25)29-18(2,3)4/h7-8,12H,9-10H2,1-6H3/t12-,19+/m0/s1. The van der Waals surface area contributed by atoms with Crippen LogP contribution in [0.5, 0.6) is 5.75 Å². The first kappa shape index (κ1) is 22.9. The zero-order valence-corrected chi connectivity index (χ0v) is 18.9. The molecule has 1 aliphatic rings. The number of ether oxygens (including phenoxy) is 4. The molecule has 1 saturated heterocycles. The lowest BCUT2D eigenvalue weighted by Crippen LogP contribution is -2.49. The first-order chi connectivity index (χ1) is 13.4. The van der Waals surface area contributed by atoms with Crippen LogP contribution in [0.25, 0.3) is 0 Å². The third-order valence-electron chi connectivity index (χ3n) is 4.24. The van der Waals surface area contributed by atoms with Crippen molar-refractivity contribution in [2.24, 2.45) is 0 Å². The summed E-state index contributed by atoms with van der Waals surface area (Å²) in [5.74, 6) is -1.15. The number of carbonyl (C=O) groups is 3. The van der Waals surface area contributed by atoms with Crippen molar-refractivity contribution >= 4 is 34.0 Å². The zero-order chi connectivity index (χ0) is 22.0. The number of hydrogen-bond acceptors (Lipinski definition) is 8. The summed E-state index contributed by atoms with van der Waals surface area (Å²) in [6.07, 6.45) is -0.922. The molecular formula is C19H25BrN2O7. The number of hydrogen-bond donors (Lipinski definition) is 0. The molecule has 9 nitrogen and oxygen atoms in total. The maximum atomic E-state index is 12.7. The van der Waals surface area contributed by atoms with Crippen LogP contribution in [-0.4, -0.2) is 65.9 Å². The van der Waals surface area contributed by atoms with E-state index in [1.54, 1.807) is 39.8 Å². The van der Waals surface area contributed by atoms with Crippen LogP contribution in [0.3, 0.4) is 0 Å². The van der Waals surface area contributed by atoms with E-state index in [2.05, 4.69) is 20.9 Å². The summed E-state index contributed by atoms with van der Waals surface area (Å²) in [5, 5.41) is 0. The average molecular weight is 473 g/mol. The molecule has 10 heteroatoms. The van der Waals surface area contributed by atoms with Gasteiger partial charge in [-0.3, -0.25) is 4.90 Å². The van der Waals surface area contributed by atoms with E-state index in [-0.39, 0.29) is 18.7 Å². The normalized spacial score (nSPS) is 21.5. The van der Waals surface area contributed by atoms with Gasteiger partial charge in [-0.05, 0) is 55.8 Å². The fourth-order valence-corrected chi connectivity index (χ4v) is 3.47. The summed E-state index contributed by atoms with van der Waals surface area (Å²) >= 11 is 3.31. The molecule has 1 amide bonds. The molecule has 2 heterocycles. The molecule has 160 valence electrons. The van der Waals surface area contributed by atoms with Crippen molar-refractivity contribution < 1.29 is 33.3 Å². The predicted molar refractivity (Wildman–Crippen MR) is 105 cm³/mol. The molecule has 0 bridgehead atoms. The third-order valence-corrected chi connectivity index (χ3v) is 4.81. The van der Waals surface area contributed by atoms with E-state index in [0.717, 1.165) is 10.6 Å². The van der Waals surface area contributed by atoms with Crippen LogP contribution in [0.1, 0.15) is 32.9 Å². The number of amides is 1. The van der Waals surface area contributed by atoms with Crippen LogP contribution in [0, 0.1) is 6.92 Å². The molecule has 0 saturated carbocycles. The van der Waals surface area contributed by atoms with Gasteiger partial charge in [-0.25, -0.2) is 19.4 Å². The summed E-state index contributed by atoms with van der Waals surface area (Å²) in [4.78, 5) is 43.2. The lowest BCUT2D eigenvalue weighted by Gasteiger charge is -2.29. The minimum Gasteiger partial charge on any atom is -0.471 e. The van der Waals surface area contributed by atoms with Crippen molar-refractivity contribution in [3.63, 3.8) is 0 Å². The van der Waals surface area contributed by atoms with Crippen molar-refractivity contribution in [1.29, 1.82) is 0 Å². The van der Waals surface area contributed by atoms with Gasteiger partial charge >= 0.3 is 18.0 Å². The number of esters is 2. The van der Waals surface area contributed by atoms with Crippen molar-refractivity contribution in [1.82, 2.24) is 9.88 Å². The number of nitrogens with zero attached hydrogens (tertiary/aromatic N) is 2. The quantitative estimate of drug-likeness (QED) is 0.374. The Morgan fingerprint density at radius 2 is 1.86 bits per heavy atom. The smallest absolute Gasteiger partial charge is 0.411 e. The summed E-state index contributed by atoms with van der Waals surface area (Å²) in [6, 6.07) is 2.27. The lowest BCUT2D eigenvalue weighted by molar-refractivity contribution is -0.158. The number of aryl methyl sites for hydroxylation is 1.